The Balaban J connectivity index is 0.405. The van der Waals surface area contributed by atoms with E-state index in [1.807, 2.05) is 0 Å². The molecular formula is C134H10N2O6. The zero-order valence-electron chi connectivity index (χ0n) is 71.2. The number of carbonyl (C=O) groups is 2. The standard InChI is InChI=1S/C134H10N2O6/c137-127(125-131-111-95-79-59-39-23-7-3-5-11-19-15(7)31-47-35(19)55-43-27(11)28-12(5)20-16-8(3)24(23)40-52-32(16)48-36(20)56-44(28)64-63(43)87-75(55)91-71(47)83(67(79)51(31)39)99(111)103(91)115-107(87)108-88(64)76(56)92-72(48)84-68(52)80(60(40)59)96(95)112(131)100(84)104(92)116(108)133(115,131)141-135-125)139-1-129-119-122-120(129)124-121(129)123(119)130(122,124)2-140-128(138)126-132-113-97-81-61-41-25-9-4-6-13-21-17(9)33-49-37(21)57-45-29(13)30-14(6)22-18-10(4)26(25)42-54-34(18)50-38(22)58-46(30)66-65(45)89-77(57)93-73(49)85(69(81)53(33)41)101(113)105(93)117-109(89)110-90(66)78(58)94-74(50)86-70(54)82(62(42)61)98(97)114(132)102(86)106(94)118(110)134(117,132)142-136-126/h119-124H,1-2H2. The third-order valence-electron chi connectivity index (χ3n) is 55.1. The summed E-state index contributed by atoms with van der Waals surface area (Å²) in [5.74, 6) is 1.89. The van der Waals surface area contributed by atoms with E-state index in [2.05, 4.69) is 0 Å². The van der Waals surface area contributed by atoms with Crippen LogP contribution in [0.1, 0.15) is 44.5 Å². The van der Waals surface area contributed by atoms with Crippen molar-refractivity contribution in [2.45, 2.75) is 22.0 Å². The van der Waals surface area contributed by atoms with Gasteiger partial charge in [0.1, 0.15) is 10.8 Å². The van der Waals surface area contributed by atoms with Crippen LogP contribution in [0, 0.1) is 46.3 Å². The Hall–Kier alpha value is -17.2. The maximum atomic E-state index is 17.8. The molecule has 16 aliphatic rings. The van der Waals surface area contributed by atoms with Crippen LogP contribution in [0.5, 0.6) is 0 Å². The molecule has 2 aliphatic heterocycles. The lowest BCUT2D eigenvalue weighted by Crippen LogP contribution is -3.11. The van der Waals surface area contributed by atoms with Gasteiger partial charge in [0, 0.05) is 33.1 Å². The summed E-state index contributed by atoms with van der Waals surface area (Å²) in [5, 5.41) is 175. The van der Waals surface area contributed by atoms with E-state index in [1.54, 1.807) is 237 Å². The SMILES string of the molecule is O=C(OCC12C3C4C1C1C2C3C41COC(=O)C1=NOC23c4c5c6c7c8c9c(c%10c%11c2c2c4c4c%12c5c5c6c6c8c8c%13c9c9c%10c%10c%11c%11c2c2c4c4c%12c%12c5c5c6c8c6c8c%13c9c9c%10c%10c%11c2c2c4c4c%12c5c6c5c8c9c%10c2c45)C173)C1=NOC23c4c5c6c7c8c9c(c%10c%11c2c2c4c4c%12c5c5c6c6c8c8c%13c9c9c%10c%10c%11c%11c2c2c4c4c%12c%12c5c5c6c8c6c8c%13c9c9c%10c%10c%11c2c2c4c4c%12c5c6c5c8c9c%10c2c45)C173. The van der Waals surface area contributed by atoms with Crippen LogP contribution >= 0.6 is 0 Å². The molecule has 2 heterocycles. The van der Waals surface area contributed by atoms with E-state index in [-0.39, 0.29) is 22.8 Å². The minimum absolute atomic E-state index is 0.107. The Labute approximate surface area is 764 Å². The minimum atomic E-state index is -1.18. The zero-order chi connectivity index (χ0) is 83.4. The molecule has 592 valence electrons. The Kier molecular flexibility index (Phi) is 4.13. The van der Waals surface area contributed by atoms with Crippen LogP contribution in [-0.2, 0) is 50.8 Å². The van der Waals surface area contributed by atoms with Gasteiger partial charge in [-0.25, -0.2) is 9.59 Å². The highest BCUT2D eigenvalue weighted by atomic mass is 16.7. The van der Waals surface area contributed by atoms with Crippen LogP contribution in [-0.4, -0.2) is 36.6 Å². The van der Waals surface area contributed by atoms with E-state index in [1.165, 1.54) is 389 Å². The fourth-order valence-electron chi connectivity index (χ4n) is 55.3. The van der Waals surface area contributed by atoms with E-state index in [4.69, 9.17) is 29.5 Å². The lowest BCUT2D eigenvalue weighted by molar-refractivity contribution is -0.662. The van der Waals surface area contributed by atoms with E-state index < -0.39 is 22.0 Å². The van der Waals surface area contributed by atoms with Gasteiger partial charge in [0.05, 0.1) is 13.2 Å². The molecule has 6 fully saturated rings. The van der Waals surface area contributed by atoms with Gasteiger partial charge in [0.25, 0.3) is 0 Å². The van der Waals surface area contributed by atoms with Crippen LogP contribution in [0.2, 0.25) is 0 Å². The first-order valence-electron chi connectivity index (χ1n) is 53.1. The fraction of sp³-hybridized carbons (Fsp3) is 0.104. The van der Waals surface area contributed by atoms with Gasteiger partial charge in [-0.1, -0.05) is 10.3 Å². The predicted octanol–water partition coefficient (Wildman–Crippen LogP) is 32.1. The van der Waals surface area contributed by atoms with E-state index in [0.717, 1.165) is 0 Å². The first kappa shape index (κ1) is 51.5. The summed E-state index contributed by atoms with van der Waals surface area (Å²) < 4.78 is 15.3. The van der Waals surface area contributed by atoms with E-state index >= 15 is 9.59 Å². The predicted molar refractivity (Wildman–Crippen MR) is 573 cm³/mol. The quantitative estimate of drug-likeness (QED) is 0.122. The van der Waals surface area contributed by atoms with Crippen LogP contribution in [0.25, 0.3) is 582 Å². The zero-order valence-corrected chi connectivity index (χ0v) is 71.2. The average molecular weight is 1740 g/mol. The number of nitrogens with zero attached hydrogens (tertiary/aromatic N) is 2. The van der Waals surface area contributed by atoms with Crippen molar-refractivity contribution in [3.63, 3.8) is 0 Å². The lowest BCUT2D eigenvalue weighted by atomic mass is 8.92. The molecule has 14 aliphatic carbocycles. The molecular weight excluding hydrogens is 1730 g/mol. The molecule has 0 unspecified atom stereocenters. The number of benzene rings is 36. The molecule has 56 aromatic rings. The molecule has 8 heteroatoms. The van der Waals surface area contributed by atoms with Gasteiger partial charge in [-0.3, -0.25) is 0 Å². The highest BCUT2D eigenvalue weighted by molar-refractivity contribution is 6.88. The van der Waals surface area contributed by atoms with Gasteiger partial charge in [0.15, 0.2) is 11.4 Å². The highest BCUT2D eigenvalue weighted by Crippen LogP contribution is 3.10. The molecule has 142 heavy (non-hydrogen) atoms. The Morgan fingerprint density at radius 1 is 0.155 bits per heavy atom. The summed E-state index contributed by atoms with van der Waals surface area (Å²) in [4.78, 5) is 52.3. The fourth-order valence-corrected chi connectivity index (χ4v) is 55.3. The molecule has 0 atom stereocenters. The molecule has 0 N–H and O–H groups in total. The maximum Gasteiger partial charge on any atom is 0.357 e. The van der Waals surface area contributed by atoms with Crippen molar-refractivity contribution in [3.05, 3.63) is 44.5 Å². The number of hydrogen-bond acceptors (Lipinski definition) is 8. The smallest absolute Gasteiger partial charge is 0.357 e. The number of ether oxygens (including phenoxy) is 2. The summed E-state index contributed by atoms with van der Waals surface area (Å²) in [6.07, 6.45) is 0. The molecule has 72 rings (SSSR count). The van der Waals surface area contributed by atoms with Crippen molar-refractivity contribution in [2.24, 2.45) is 56.6 Å². The van der Waals surface area contributed by atoms with E-state index in [0.29, 0.717) is 60.1 Å². The molecule has 0 bridgehead atoms. The van der Waals surface area contributed by atoms with Gasteiger partial charge < -0.3 is 19.1 Å². The Morgan fingerprint density at radius 2 is 0.254 bits per heavy atom. The second kappa shape index (κ2) is 11.4. The van der Waals surface area contributed by atoms with Gasteiger partial charge in [-0.05, 0) is 639 Å². The van der Waals surface area contributed by atoms with Crippen molar-refractivity contribution in [3.8, 4) is 0 Å². The van der Waals surface area contributed by atoms with Crippen molar-refractivity contribution in [2.75, 3.05) is 13.2 Å². The van der Waals surface area contributed by atoms with Crippen LogP contribution in [0.3, 0.4) is 0 Å². The lowest BCUT2D eigenvalue weighted by Gasteiger charge is -3.11. The molecule has 0 saturated heterocycles. The number of carbonyl (C=O) groups excluding carboxylic acids is 2. The molecule has 56 aromatic carbocycles. The molecule has 0 radical (unpaired) electrons. The molecule has 8 nitrogen and oxygen atoms in total. The second-order valence-electron chi connectivity index (χ2n) is 54.0. The van der Waals surface area contributed by atoms with Crippen molar-refractivity contribution in [1.29, 1.82) is 0 Å². The van der Waals surface area contributed by atoms with Gasteiger partial charge >= 0.3 is 11.9 Å². The Bertz CT molecular complexity index is 15500. The number of rotatable bonds is 6. The topological polar surface area (TPSA) is 95.8 Å². The second-order valence-corrected chi connectivity index (χ2v) is 54.0. The van der Waals surface area contributed by atoms with Crippen molar-refractivity contribution < 1.29 is 28.7 Å². The van der Waals surface area contributed by atoms with Crippen LogP contribution < -0.4 is 0 Å². The van der Waals surface area contributed by atoms with Gasteiger partial charge in [-0.2, -0.15) is 0 Å². The first-order valence-corrected chi connectivity index (χ1v) is 53.1. The maximum absolute atomic E-state index is 17.8. The normalized spacial score (nSPS) is 28.9. The largest absolute Gasteiger partial charge is 0.460 e. The first-order chi connectivity index (χ1) is 70.7. The number of hydrogen-bond donors (Lipinski definition) is 0. The van der Waals surface area contributed by atoms with Gasteiger partial charge in [-0.15, -0.1) is 0 Å². The van der Waals surface area contributed by atoms with E-state index in [9.17, 15) is 0 Å². The molecule has 0 amide bonds. The number of esters is 2. The summed E-state index contributed by atoms with van der Waals surface area (Å²) in [5.41, 5.74) is 6.75. The third-order valence-corrected chi connectivity index (χ3v) is 55.1. The highest BCUT2D eigenvalue weighted by Gasteiger charge is 3.10. The monoisotopic (exact) mass is 1740 g/mol. The summed E-state index contributed by atoms with van der Waals surface area (Å²) in [6, 6.07) is 0. The van der Waals surface area contributed by atoms with Gasteiger partial charge in [0.2, 0.25) is 11.2 Å². The summed E-state index contributed by atoms with van der Waals surface area (Å²) in [7, 11) is 0. The third kappa shape index (κ3) is 2.63. The minimum Gasteiger partial charge on any atom is -0.460 e. The van der Waals surface area contributed by atoms with Crippen LogP contribution in [0.4, 0.5) is 0 Å². The molecule has 0 aromatic heterocycles. The summed E-state index contributed by atoms with van der Waals surface area (Å²) in [6.45, 7) is 0.773. The Morgan fingerprint density at radius 3 is 0.366 bits per heavy atom. The van der Waals surface area contributed by atoms with Crippen molar-refractivity contribution >= 4 is 605 Å². The average Bonchev–Trinajstić information content (AvgIpc) is 1.54. The molecule has 6 saturated carbocycles. The number of oxime groups is 2. The molecule has 4 spiro atoms. The van der Waals surface area contributed by atoms with Crippen molar-refractivity contribution in [1.82, 2.24) is 0 Å². The van der Waals surface area contributed by atoms with Crippen LogP contribution in [0.15, 0.2) is 10.3 Å². The summed E-state index contributed by atoms with van der Waals surface area (Å²) >= 11 is 0.